The van der Waals surface area contributed by atoms with Crippen LogP contribution in [0.5, 0.6) is 5.75 Å². The standard InChI is InChI=1S/C20H21FN4O2S/c1-3-25-18(12-22-19(26)14-8-6-9-16(11-14)27-2)23-24-20(25)28-13-15-7-4-5-10-17(15)21/h4-11H,3,12-13H2,1-2H3,(H,22,26). The van der Waals surface area contributed by atoms with Gasteiger partial charge in [0.1, 0.15) is 11.6 Å². The lowest BCUT2D eigenvalue weighted by Gasteiger charge is -2.09. The van der Waals surface area contributed by atoms with E-state index in [4.69, 9.17) is 4.74 Å². The van der Waals surface area contributed by atoms with Gasteiger partial charge < -0.3 is 14.6 Å². The fraction of sp³-hybridized carbons (Fsp3) is 0.250. The molecule has 0 fully saturated rings. The summed E-state index contributed by atoms with van der Waals surface area (Å²) in [5.41, 5.74) is 1.13. The molecule has 3 aromatic rings. The van der Waals surface area contributed by atoms with Crippen molar-refractivity contribution in [1.82, 2.24) is 20.1 Å². The van der Waals surface area contributed by atoms with Gasteiger partial charge in [-0.2, -0.15) is 0 Å². The van der Waals surface area contributed by atoms with E-state index in [0.29, 0.717) is 40.2 Å². The molecule has 0 saturated carbocycles. The van der Waals surface area contributed by atoms with E-state index in [0.717, 1.165) is 0 Å². The first-order valence-corrected chi connectivity index (χ1v) is 9.81. The minimum atomic E-state index is -0.233. The highest BCUT2D eigenvalue weighted by Gasteiger charge is 2.14. The van der Waals surface area contributed by atoms with Gasteiger partial charge in [-0.15, -0.1) is 10.2 Å². The normalized spacial score (nSPS) is 10.7. The Labute approximate surface area is 167 Å². The van der Waals surface area contributed by atoms with Gasteiger partial charge in [0.05, 0.1) is 13.7 Å². The van der Waals surface area contributed by atoms with Crippen LogP contribution in [0.3, 0.4) is 0 Å². The fourth-order valence-electron chi connectivity index (χ4n) is 2.66. The summed E-state index contributed by atoms with van der Waals surface area (Å²) in [5.74, 6) is 1.28. The number of aromatic nitrogens is 3. The second-order valence-electron chi connectivity index (χ2n) is 5.94. The highest BCUT2D eigenvalue weighted by molar-refractivity contribution is 7.98. The van der Waals surface area contributed by atoms with Crippen molar-refractivity contribution in [2.75, 3.05) is 7.11 Å². The van der Waals surface area contributed by atoms with Gasteiger partial charge in [0, 0.05) is 17.9 Å². The molecule has 0 atom stereocenters. The number of rotatable bonds is 8. The summed E-state index contributed by atoms with van der Waals surface area (Å²) in [4.78, 5) is 12.4. The Hall–Kier alpha value is -2.87. The van der Waals surface area contributed by atoms with Gasteiger partial charge in [0.25, 0.3) is 5.91 Å². The summed E-state index contributed by atoms with van der Waals surface area (Å²) >= 11 is 1.42. The molecule has 0 unspecified atom stereocenters. The van der Waals surface area contributed by atoms with Crippen molar-refractivity contribution in [3.05, 3.63) is 71.3 Å². The molecule has 3 rings (SSSR count). The lowest BCUT2D eigenvalue weighted by molar-refractivity contribution is 0.0949. The van der Waals surface area contributed by atoms with Gasteiger partial charge in [-0.05, 0) is 36.8 Å². The van der Waals surface area contributed by atoms with E-state index in [1.165, 1.54) is 17.8 Å². The summed E-state index contributed by atoms with van der Waals surface area (Å²) < 4.78 is 20.8. The number of nitrogens with one attached hydrogen (secondary N) is 1. The smallest absolute Gasteiger partial charge is 0.251 e. The lowest BCUT2D eigenvalue weighted by Crippen LogP contribution is -2.24. The summed E-state index contributed by atoms with van der Waals surface area (Å²) in [7, 11) is 1.56. The number of carbonyl (C=O) groups is 1. The third-order valence-corrected chi connectivity index (χ3v) is 5.18. The van der Waals surface area contributed by atoms with E-state index in [9.17, 15) is 9.18 Å². The first-order valence-electron chi connectivity index (χ1n) is 8.83. The maximum absolute atomic E-state index is 13.8. The zero-order chi connectivity index (χ0) is 19.9. The average molecular weight is 400 g/mol. The van der Waals surface area contributed by atoms with Gasteiger partial charge in [0.2, 0.25) is 0 Å². The molecule has 28 heavy (non-hydrogen) atoms. The number of nitrogens with zero attached hydrogens (tertiary/aromatic N) is 3. The largest absolute Gasteiger partial charge is 0.497 e. The third-order valence-electron chi connectivity index (χ3n) is 4.16. The summed E-state index contributed by atoms with van der Waals surface area (Å²) in [6, 6.07) is 13.6. The molecule has 2 aromatic carbocycles. The molecule has 6 nitrogen and oxygen atoms in total. The molecule has 146 valence electrons. The second kappa shape index (κ2) is 9.36. The molecule has 8 heteroatoms. The van der Waals surface area contributed by atoms with Crippen molar-refractivity contribution in [3.8, 4) is 5.75 Å². The average Bonchev–Trinajstić information content (AvgIpc) is 3.13. The van der Waals surface area contributed by atoms with Crippen molar-refractivity contribution in [1.29, 1.82) is 0 Å². The van der Waals surface area contributed by atoms with Crippen LogP contribution in [0.15, 0.2) is 53.7 Å². The van der Waals surface area contributed by atoms with Crippen molar-refractivity contribution in [2.45, 2.75) is 30.9 Å². The first kappa shape index (κ1) is 19.9. The number of carbonyl (C=O) groups excluding carboxylic acids is 1. The Morgan fingerprint density at radius 3 is 2.79 bits per heavy atom. The lowest BCUT2D eigenvalue weighted by atomic mass is 10.2. The molecular weight excluding hydrogens is 379 g/mol. The number of halogens is 1. The molecule has 0 bridgehead atoms. The Balaban J connectivity index is 1.64. The minimum Gasteiger partial charge on any atom is -0.497 e. The summed E-state index contributed by atoms with van der Waals surface area (Å²) in [5, 5.41) is 11.9. The molecular formula is C20H21FN4O2S. The molecule has 0 aliphatic carbocycles. The van der Waals surface area contributed by atoms with E-state index in [2.05, 4.69) is 15.5 Å². The van der Waals surface area contributed by atoms with E-state index >= 15 is 0 Å². The maximum atomic E-state index is 13.8. The van der Waals surface area contributed by atoms with Gasteiger partial charge in [-0.3, -0.25) is 4.79 Å². The van der Waals surface area contributed by atoms with Crippen molar-refractivity contribution < 1.29 is 13.9 Å². The molecule has 1 heterocycles. The topological polar surface area (TPSA) is 69.0 Å². The van der Waals surface area contributed by atoms with E-state index < -0.39 is 0 Å². The van der Waals surface area contributed by atoms with Crippen molar-refractivity contribution in [3.63, 3.8) is 0 Å². The molecule has 0 radical (unpaired) electrons. The molecule has 1 N–H and O–H groups in total. The Bertz CT molecular complexity index is 961. The van der Waals surface area contributed by atoms with Crippen LogP contribution in [-0.4, -0.2) is 27.8 Å². The number of ether oxygens (including phenoxy) is 1. The van der Waals surface area contributed by atoms with E-state index in [-0.39, 0.29) is 18.3 Å². The summed E-state index contributed by atoms with van der Waals surface area (Å²) in [6.45, 7) is 2.87. The van der Waals surface area contributed by atoms with Crippen LogP contribution >= 0.6 is 11.8 Å². The van der Waals surface area contributed by atoms with E-state index in [1.807, 2.05) is 17.6 Å². The number of amides is 1. The zero-order valence-electron chi connectivity index (χ0n) is 15.7. The zero-order valence-corrected chi connectivity index (χ0v) is 16.5. The second-order valence-corrected chi connectivity index (χ2v) is 6.88. The molecule has 0 aliphatic rings. The van der Waals surface area contributed by atoms with Crippen LogP contribution in [0, 0.1) is 5.82 Å². The van der Waals surface area contributed by atoms with Gasteiger partial charge in [-0.25, -0.2) is 4.39 Å². The molecule has 0 aliphatic heterocycles. The highest BCUT2D eigenvalue weighted by atomic mass is 32.2. The van der Waals surface area contributed by atoms with Gasteiger partial charge in [0.15, 0.2) is 11.0 Å². The SMILES string of the molecule is CCn1c(CNC(=O)c2cccc(OC)c2)nnc1SCc1ccccc1F. The monoisotopic (exact) mass is 400 g/mol. The fourth-order valence-corrected chi connectivity index (χ4v) is 3.67. The minimum absolute atomic E-state index is 0.217. The van der Waals surface area contributed by atoms with Gasteiger partial charge >= 0.3 is 0 Å². The van der Waals surface area contributed by atoms with E-state index in [1.54, 1.807) is 43.5 Å². The van der Waals surface area contributed by atoms with Crippen LogP contribution in [0.1, 0.15) is 28.7 Å². The Morgan fingerprint density at radius 1 is 1.21 bits per heavy atom. The van der Waals surface area contributed by atoms with Crippen molar-refractivity contribution in [2.24, 2.45) is 0 Å². The molecule has 1 amide bonds. The molecule has 0 spiro atoms. The number of thioether (sulfide) groups is 1. The van der Waals surface area contributed by atoms with Crippen LogP contribution in [-0.2, 0) is 18.8 Å². The van der Waals surface area contributed by atoms with Crippen LogP contribution in [0.4, 0.5) is 4.39 Å². The van der Waals surface area contributed by atoms with Crippen LogP contribution in [0.25, 0.3) is 0 Å². The van der Waals surface area contributed by atoms with Gasteiger partial charge in [-0.1, -0.05) is 36.0 Å². The maximum Gasteiger partial charge on any atom is 0.251 e. The van der Waals surface area contributed by atoms with Crippen LogP contribution in [0.2, 0.25) is 0 Å². The number of methoxy groups -OCH3 is 1. The number of hydrogen-bond donors (Lipinski definition) is 1. The highest BCUT2D eigenvalue weighted by Crippen LogP contribution is 2.23. The predicted octanol–water partition coefficient (Wildman–Crippen LogP) is 3.67. The summed E-state index contributed by atoms with van der Waals surface area (Å²) in [6.07, 6.45) is 0. The van der Waals surface area contributed by atoms with Crippen molar-refractivity contribution >= 4 is 17.7 Å². The Kier molecular flexibility index (Phi) is 6.65. The quantitative estimate of drug-likeness (QED) is 0.585. The molecule has 1 aromatic heterocycles. The number of hydrogen-bond acceptors (Lipinski definition) is 5. The number of benzene rings is 2. The molecule has 0 saturated heterocycles. The predicted molar refractivity (Wildman–Crippen MR) is 106 cm³/mol. The van der Waals surface area contributed by atoms with Crippen LogP contribution < -0.4 is 10.1 Å². The first-order chi connectivity index (χ1) is 13.6. The third kappa shape index (κ3) is 4.69. The Morgan fingerprint density at radius 2 is 2.04 bits per heavy atom.